The van der Waals surface area contributed by atoms with Gasteiger partial charge >= 0.3 is 5.97 Å². The molecular weight excluding hydrogens is 388 g/mol. The molecule has 1 amide bonds. The van der Waals surface area contributed by atoms with Crippen molar-refractivity contribution in [3.8, 4) is 0 Å². The first-order valence-electron chi connectivity index (χ1n) is 11.6. The number of hydrogen-bond donors (Lipinski definition) is 2. The van der Waals surface area contributed by atoms with E-state index in [0.717, 1.165) is 12.0 Å². The average molecular weight is 435 g/mol. The molecule has 0 aliphatic heterocycles. The summed E-state index contributed by atoms with van der Waals surface area (Å²) in [5, 5.41) is 5.64. The lowest BCUT2D eigenvalue weighted by atomic mass is 10.00. The van der Waals surface area contributed by atoms with Crippen molar-refractivity contribution in [2.75, 3.05) is 19.6 Å². The van der Waals surface area contributed by atoms with Crippen LogP contribution in [0.5, 0.6) is 0 Å². The van der Waals surface area contributed by atoms with Crippen molar-refractivity contribution in [1.29, 1.82) is 0 Å². The number of carbonyl (C=O) groups is 2. The SMILES string of the molecule is C=C/C(=C\CC)C(C)CNCC(=O)NCC(=O)OCc1ccccc1.CC.CC.CC. The Balaban J connectivity index is -0.00000120. The summed E-state index contributed by atoms with van der Waals surface area (Å²) in [6, 6.07) is 9.41. The van der Waals surface area contributed by atoms with Crippen LogP contribution in [-0.2, 0) is 20.9 Å². The first-order valence-corrected chi connectivity index (χ1v) is 11.6. The Labute approximate surface area is 191 Å². The van der Waals surface area contributed by atoms with Gasteiger partial charge < -0.3 is 15.4 Å². The van der Waals surface area contributed by atoms with Gasteiger partial charge in [-0.05, 0) is 23.5 Å². The van der Waals surface area contributed by atoms with Crippen molar-refractivity contribution in [2.24, 2.45) is 5.92 Å². The lowest BCUT2D eigenvalue weighted by Gasteiger charge is -2.14. The number of hydrogen-bond acceptors (Lipinski definition) is 4. The van der Waals surface area contributed by atoms with E-state index in [1.54, 1.807) is 0 Å². The van der Waals surface area contributed by atoms with E-state index in [4.69, 9.17) is 4.74 Å². The molecule has 0 heterocycles. The van der Waals surface area contributed by atoms with Crippen LogP contribution in [-0.4, -0.2) is 31.5 Å². The van der Waals surface area contributed by atoms with Gasteiger partial charge in [0.25, 0.3) is 0 Å². The lowest BCUT2D eigenvalue weighted by molar-refractivity contribution is -0.145. The van der Waals surface area contributed by atoms with E-state index in [0.29, 0.717) is 6.54 Å². The fourth-order valence-electron chi connectivity index (χ4n) is 2.26. The Morgan fingerprint density at radius 1 is 1.03 bits per heavy atom. The third-order valence-corrected chi connectivity index (χ3v) is 3.65. The number of rotatable bonds is 11. The van der Waals surface area contributed by atoms with Gasteiger partial charge in [-0.3, -0.25) is 9.59 Å². The van der Waals surface area contributed by atoms with Crippen LogP contribution in [0.1, 0.15) is 67.4 Å². The van der Waals surface area contributed by atoms with Gasteiger partial charge in [0.15, 0.2) is 0 Å². The van der Waals surface area contributed by atoms with Crippen molar-refractivity contribution in [1.82, 2.24) is 10.6 Å². The van der Waals surface area contributed by atoms with Gasteiger partial charge in [-0.15, -0.1) is 0 Å². The van der Waals surface area contributed by atoms with Crippen LogP contribution >= 0.6 is 0 Å². The molecule has 0 saturated heterocycles. The van der Waals surface area contributed by atoms with Crippen molar-refractivity contribution in [3.63, 3.8) is 0 Å². The van der Waals surface area contributed by atoms with E-state index >= 15 is 0 Å². The highest BCUT2D eigenvalue weighted by Gasteiger charge is 2.09. The van der Waals surface area contributed by atoms with Gasteiger partial charge in [-0.2, -0.15) is 0 Å². The van der Waals surface area contributed by atoms with Gasteiger partial charge in [-0.1, -0.05) is 104 Å². The first kappa shape index (κ1) is 33.2. The topological polar surface area (TPSA) is 67.4 Å². The second-order valence-electron chi connectivity index (χ2n) is 5.77. The molecule has 0 aromatic heterocycles. The highest BCUT2D eigenvalue weighted by Crippen LogP contribution is 2.11. The largest absolute Gasteiger partial charge is 0.460 e. The average Bonchev–Trinajstić information content (AvgIpc) is 2.84. The van der Waals surface area contributed by atoms with Crippen molar-refractivity contribution in [2.45, 2.75) is 68.4 Å². The number of benzene rings is 1. The van der Waals surface area contributed by atoms with Crippen molar-refractivity contribution >= 4 is 11.9 Å². The van der Waals surface area contributed by atoms with E-state index in [-0.39, 0.29) is 31.5 Å². The zero-order valence-corrected chi connectivity index (χ0v) is 21.1. The summed E-state index contributed by atoms with van der Waals surface area (Å²) in [4.78, 5) is 23.4. The van der Waals surface area contributed by atoms with Gasteiger partial charge in [-0.25, -0.2) is 0 Å². The van der Waals surface area contributed by atoms with E-state index in [2.05, 4.69) is 37.1 Å². The Bertz CT molecular complexity index is 584. The molecule has 5 heteroatoms. The molecule has 5 nitrogen and oxygen atoms in total. The van der Waals surface area contributed by atoms with Gasteiger partial charge in [0, 0.05) is 6.54 Å². The minimum Gasteiger partial charge on any atom is -0.460 e. The summed E-state index contributed by atoms with van der Waals surface area (Å²) in [5.74, 6) is -0.407. The number of allylic oxidation sites excluding steroid dienone is 2. The quantitative estimate of drug-likeness (QED) is 0.348. The molecule has 0 fully saturated rings. The number of amides is 1. The minimum atomic E-state index is -0.453. The molecule has 1 aromatic rings. The third kappa shape index (κ3) is 19.3. The Kier molecular flexibility index (Phi) is 27.5. The van der Waals surface area contributed by atoms with Gasteiger partial charge in [0.1, 0.15) is 13.2 Å². The number of esters is 1. The maximum absolute atomic E-state index is 11.8. The van der Waals surface area contributed by atoms with E-state index < -0.39 is 5.97 Å². The monoisotopic (exact) mass is 434 g/mol. The maximum atomic E-state index is 11.8. The van der Waals surface area contributed by atoms with Crippen LogP contribution in [0.2, 0.25) is 0 Å². The first-order chi connectivity index (χ1) is 15.1. The van der Waals surface area contributed by atoms with Crippen LogP contribution in [0.4, 0.5) is 0 Å². The standard InChI is InChI=1S/C20H28N2O3.3C2H6/c1-4-9-18(5-2)16(3)12-21-13-19(23)22-14-20(24)25-15-17-10-7-6-8-11-17;3*1-2/h5-11,16,21H,2,4,12-15H2,1,3H3,(H,22,23);3*1-2H3/b18-9+;;;. The van der Waals surface area contributed by atoms with E-state index in [1.807, 2.05) is 78.0 Å². The van der Waals surface area contributed by atoms with Crippen LogP contribution in [0, 0.1) is 5.92 Å². The maximum Gasteiger partial charge on any atom is 0.325 e. The fourth-order valence-corrected chi connectivity index (χ4v) is 2.26. The summed E-state index contributed by atoms with van der Waals surface area (Å²) in [6.07, 6.45) is 4.93. The van der Waals surface area contributed by atoms with Crippen molar-refractivity contribution in [3.05, 3.63) is 60.2 Å². The zero-order chi connectivity index (χ0) is 24.5. The second kappa shape index (κ2) is 25.6. The third-order valence-electron chi connectivity index (χ3n) is 3.65. The summed E-state index contributed by atoms with van der Waals surface area (Å²) < 4.78 is 5.10. The van der Waals surface area contributed by atoms with Gasteiger partial charge in [0.05, 0.1) is 6.54 Å². The fraction of sp³-hybridized carbons (Fsp3) is 0.538. The molecule has 0 bridgehead atoms. The predicted molar refractivity (Wildman–Crippen MR) is 134 cm³/mol. The second-order valence-corrected chi connectivity index (χ2v) is 5.77. The summed E-state index contributed by atoms with van der Waals surface area (Å²) in [5.41, 5.74) is 2.08. The van der Waals surface area contributed by atoms with Gasteiger partial charge in [0.2, 0.25) is 5.91 Å². The number of nitrogens with one attached hydrogen (secondary N) is 2. The molecule has 0 spiro atoms. The lowest BCUT2D eigenvalue weighted by Crippen LogP contribution is -2.38. The number of ether oxygens (including phenoxy) is 1. The predicted octanol–water partition coefficient (Wildman–Crippen LogP) is 5.67. The summed E-state index contributed by atoms with van der Waals surface area (Å²) in [7, 11) is 0. The highest BCUT2D eigenvalue weighted by molar-refractivity contribution is 5.83. The normalized spacial score (nSPS) is 10.5. The summed E-state index contributed by atoms with van der Waals surface area (Å²) in [6.45, 7) is 20.9. The molecule has 1 atom stereocenters. The van der Waals surface area contributed by atoms with E-state index in [9.17, 15) is 9.59 Å². The molecule has 0 radical (unpaired) electrons. The van der Waals surface area contributed by atoms with Crippen LogP contribution in [0.3, 0.4) is 0 Å². The molecule has 0 aliphatic rings. The molecule has 2 N–H and O–H groups in total. The Hall–Kier alpha value is -2.40. The van der Waals surface area contributed by atoms with Crippen LogP contribution in [0.25, 0.3) is 0 Å². The molecule has 178 valence electrons. The molecule has 31 heavy (non-hydrogen) atoms. The molecule has 1 rings (SSSR count). The molecule has 0 saturated carbocycles. The summed E-state index contributed by atoms with van der Waals surface area (Å²) >= 11 is 0. The van der Waals surface area contributed by atoms with Crippen molar-refractivity contribution < 1.29 is 14.3 Å². The molecule has 1 aromatic carbocycles. The highest BCUT2D eigenvalue weighted by atomic mass is 16.5. The Morgan fingerprint density at radius 2 is 1.61 bits per heavy atom. The molecule has 0 aliphatic carbocycles. The van der Waals surface area contributed by atoms with Crippen LogP contribution in [0.15, 0.2) is 54.6 Å². The number of carbonyl (C=O) groups excluding carboxylic acids is 2. The Morgan fingerprint density at radius 3 is 2.13 bits per heavy atom. The van der Waals surface area contributed by atoms with E-state index in [1.165, 1.54) is 5.57 Å². The van der Waals surface area contributed by atoms with Crippen LogP contribution < -0.4 is 10.6 Å². The smallest absolute Gasteiger partial charge is 0.325 e. The molecule has 1 unspecified atom stereocenters. The zero-order valence-electron chi connectivity index (χ0n) is 21.1. The molecular formula is C26H46N2O3. The minimum absolute atomic E-state index is 0.128.